The van der Waals surface area contributed by atoms with Gasteiger partial charge < -0.3 is 29.5 Å². The minimum atomic E-state index is -2.05. The van der Waals surface area contributed by atoms with Gasteiger partial charge in [-0.2, -0.15) is 23.5 Å². The molecule has 3 aromatic carbocycles. The first-order valence-electron chi connectivity index (χ1n) is 20.6. The maximum Gasteiger partial charge on any atom is 0.340 e. The van der Waals surface area contributed by atoms with Gasteiger partial charge in [-0.15, -0.1) is 11.3 Å². The molecule has 4 atom stereocenters. The number of aromatic hydroxyl groups is 1. The fourth-order valence-corrected chi connectivity index (χ4v) is 8.27. The van der Waals surface area contributed by atoms with Gasteiger partial charge in [0, 0.05) is 58.2 Å². The number of nitrogens with zero attached hydrogens (tertiary/aromatic N) is 2. The number of fused-ring (bicyclic) bond motifs is 1. The fraction of sp³-hybridized carbons (Fsp3) is 0.429. The van der Waals surface area contributed by atoms with E-state index >= 15 is 0 Å². The molecule has 0 saturated carbocycles. The van der Waals surface area contributed by atoms with Crippen molar-refractivity contribution in [2.75, 3.05) is 31.5 Å². The molecule has 3 aliphatic heterocycles. The van der Waals surface area contributed by atoms with E-state index < -0.39 is 17.4 Å². The predicted octanol–water partition coefficient (Wildman–Crippen LogP) is 11.4. The number of phenols is 1. The second-order valence-electron chi connectivity index (χ2n) is 15.6. The summed E-state index contributed by atoms with van der Waals surface area (Å²) in [5.74, 6) is 3.36. The van der Waals surface area contributed by atoms with Crippen molar-refractivity contribution >= 4 is 47.1 Å². The lowest BCUT2D eigenvalue weighted by atomic mass is 9.95. The molecule has 3 N–H and O–H groups in total. The Bertz CT molecular complexity index is 2070. The van der Waals surface area contributed by atoms with E-state index in [1.54, 1.807) is 30.4 Å². The van der Waals surface area contributed by atoms with E-state index in [0.717, 1.165) is 70.4 Å². The number of hydrogen-bond donors (Lipinski definition) is 3. The summed E-state index contributed by atoms with van der Waals surface area (Å²) in [4.78, 5) is 30.3. The van der Waals surface area contributed by atoms with Gasteiger partial charge in [0.1, 0.15) is 11.6 Å². The molecule has 10 nitrogen and oxygen atoms in total. The average Bonchev–Trinajstić information content (AvgIpc) is 4.02. The normalized spacial score (nSPS) is 17.5. The van der Waals surface area contributed by atoms with Crippen LogP contribution in [0.5, 0.6) is 17.2 Å². The van der Waals surface area contributed by atoms with Crippen molar-refractivity contribution in [3.8, 4) is 17.2 Å². The molecule has 5 heterocycles. The van der Waals surface area contributed by atoms with Crippen LogP contribution < -0.4 is 9.47 Å². The van der Waals surface area contributed by atoms with Crippen LogP contribution in [0.3, 0.4) is 0 Å². The van der Waals surface area contributed by atoms with Gasteiger partial charge in [-0.1, -0.05) is 56.7 Å². The van der Waals surface area contributed by atoms with E-state index in [0.29, 0.717) is 24.2 Å². The Morgan fingerprint density at radius 3 is 1.86 bits per heavy atom. The molecule has 0 bridgehead atoms. The highest BCUT2D eigenvalue weighted by atomic mass is 32.2. The summed E-state index contributed by atoms with van der Waals surface area (Å²) in [6.45, 7) is 23.8. The van der Waals surface area contributed by atoms with Crippen LogP contribution in [0.1, 0.15) is 87.9 Å². The van der Waals surface area contributed by atoms with Gasteiger partial charge >= 0.3 is 5.97 Å². The number of carbonyl (C=O) groups excluding carboxylic acids is 1. The van der Waals surface area contributed by atoms with Crippen LogP contribution in [0.25, 0.3) is 0 Å². The number of ether oxygens (including phenoxy) is 3. The molecule has 0 amide bonds. The third-order valence-electron chi connectivity index (χ3n) is 9.17. The number of aldehydes is 1. The number of aromatic nitrogens is 2. The van der Waals surface area contributed by atoms with Gasteiger partial charge in [-0.3, -0.25) is 9.78 Å². The lowest BCUT2D eigenvalue weighted by Crippen LogP contribution is -2.31. The van der Waals surface area contributed by atoms with Crippen molar-refractivity contribution in [3.05, 3.63) is 134 Å². The second kappa shape index (κ2) is 28.3. The number of thioether (sulfide) groups is 2. The number of carbonyl (C=O) groups is 2. The van der Waals surface area contributed by atoms with E-state index in [1.807, 2.05) is 71.3 Å². The number of phenolic OH excluding ortho intramolecular Hbond substituents is 1. The van der Waals surface area contributed by atoms with Crippen LogP contribution in [-0.4, -0.2) is 79.6 Å². The van der Waals surface area contributed by atoms with Crippen LogP contribution in [0.2, 0.25) is 0 Å². The van der Waals surface area contributed by atoms with Gasteiger partial charge in [-0.25, -0.2) is 14.2 Å². The van der Waals surface area contributed by atoms with Crippen LogP contribution in [-0.2, 0) is 15.1 Å². The summed E-state index contributed by atoms with van der Waals surface area (Å²) < 4.78 is 28.4. The van der Waals surface area contributed by atoms with Crippen molar-refractivity contribution in [1.82, 2.24) is 9.97 Å². The summed E-state index contributed by atoms with van der Waals surface area (Å²) in [6, 6.07) is 18.7. The number of aliphatic hydroxyl groups is 1. The molecular formula is C49H65FN2O8S3. The Morgan fingerprint density at radius 1 is 0.810 bits per heavy atom. The SMILES string of the molecule is CC1CCOC1.CC1CSC(C)CS1.Cc1ccc(C(C)(O)C(=O)O)cc1F.Cc1ccc(C)nc1.Cc1ccc(O)c(C=O)c1.Cc1ccc2c(c1)OCO2.Cc1cnc(C)s1. The molecule has 4 unspecified atom stereocenters. The van der Waals surface area contributed by atoms with Gasteiger partial charge in [-0.05, 0) is 126 Å². The Hall–Kier alpha value is -4.47. The van der Waals surface area contributed by atoms with Crippen molar-refractivity contribution in [1.29, 1.82) is 0 Å². The van der Waals surface area contributed by atoms with E-state index in [9.17, 15) is 19.1 Å². The van der Waals surface area contributed by atoms with Crippen molar-refractivity contribution in [2.45, 2.75) is 98.7 Å². The minimum Gasteiger partial charge on any atom is -0.507 e. The smallest absolute Gasteiger partial charge is 0.340 e. The van der Waals surface area contributed by atoms with Gasteiger partial charge in [0.05, 0.1) is 10.6 Å². The molecular weight excluding hydrogens is 860 g/mol. The second-order valence-corrected chi connectivity index (χ2v) is 20.0. The van der Waals surface area contributed by atoms with E-state index in [-0.39, 0.29) is 11.3 Å². The monoisotopic (exact) mass is 924 g/mol. The topological polar surface area (TPSA) is 148 Å². The molecule has 2 saturated heterocycles. The number of carboxylic acid groups (broad SMARTS) is 1. The molecule has 344 valence electrons. The number of carboxylic acids is 1. The molecule has 2 aromatic heterocycles. The van der Waals surface area contributed by atoms with Crippen molar-refractivity contribution in [2.24, 2.45) is 5.92 Å². The Morgan fingerprint density at radius 2 is 1.43 bits per heavy atom. The van der Waals surface area contributed by atoms with E-state index in [4.69, 9.17) is 24.4 Å². The fourth-order valence-electron chi connectivity index (χ4n) is 5.15. The number of pyridine rings is 1. The standard InChI is InChI=1S/C10H11FO3.2C8H8O2.C7H9N.C6H12S2.C5H7NS.C5H10O/c1-6-3-4-7(5-8(6)11)10(2,14)9(12)13;1-6-2-3-7-8(4-6)10-5-9-7;1-6-2-3-8(10)7(4-6)5-9;1-6-3-4-7(2)8-5-6;1-5-3-8-6(2)4-7-5;1-4-3-6-5(2)7-4;1-5-2-3-6-4-5/h3-5,14H,1-2H3,(H,12,13);2-4H,5H2,1H3;2-5,10H,1H3;3-5H,1-2H3;5-6H,3-4H2,1-2H3;3H,1-2H3;5H,2-4H2,1H3. The minimum absolute atomic E-state index is 0.0353. The average molecular weight is 925 g/mol. The van der Waals surface area contributed by atoms with Gasteiger partial charge in [0.15, 0.2) is 23.4 Å². The van der Waals surface area contributed by atoms with Crippen molar-refractivity contribution in [3.63, 3.8) is 0 Å². The highest BCUT2D eigenvalue weighted by Crippen LogP contribution is 2.32. The zero-order valence-electron chi connectivity index (χ0n) is 38.4. The van der Waals surface area contributed by atoms with E-state index in [1.165, 1.54) is 52.1 Å². The lowest BCUT2D eigenvalue weighted by molar-refractivity contribution is -0.157. The quantitative estimate of drug-likeness (QED) is 0.148. The van der Waals surface area contributed by atoms with Crippen LogP contribution >= 0.6 is 34.9 Å². The molecule has 63 heavy (non-hydrogen) atoms. The summed E-state index contributed by atoms with van der Waals surface area (Å²) in [5.41, 5.74) is 3.22. The number of halogens is 1. The third-order valence-corrected chi connectivity index (χ3v) is 13.3. The number of rotatable bonds is 3. The Balaban J connectivity index is 0.000000257. The molecule has 3 aliphatic rings. The molecule has 2 fully saturated rings. The molecule has 0 radical (unpaired) electrons. The molecule has 0 spiro atoms. The zero-order chi connectivity index (χ0) is 47.1. The Labute approximate surface area is 386 Å². The maximum absolute atomic E-state index is 13.1. The lowest BCUT2D eigenvalue weighted by Gasteiger charge is -2.21. The van der Waals surface area contributed by atoms with Gasteiger partial charge in [0.2, 0.25) is 6.79 Å². The highest BCUT2D eigenvalue weighted by molar-refractivity contribution is 8.07. The number of aryl methyl sites for hydroxylation is 7. The molecule has 0 aliphatic carbocycles. The highest BCUT2D eigenvalue weighted by Gasteiger charge is 2.32. The number of hydrogen-bond acceptors (Lipinski definition) is 12. The third kappa shape index (κ3) is 21.6. The summed E-state index contributed by atoms with van der Waals surface area (Å²) in [5, 5.41) is 30.1. The summed E-state index contributed by atoms with van der Waals surface area (Å²) in [6.07, 6.45) is 5.66. The predicted molar refractivity (Wildman–Crippen MR) is 258 cm³/mol. The van der Waals surface area contributed by atoms with E-state index in [2.05, 4.69) is 67.3 Å². The first-order valence-corrected chi connectivity index (χ1v) is 23.6. The number of thiazole rings is 1. The first-order chi connectivity index (χ1) is 29.7. The number of aliphatic carboxylic acids is 1. The Kier molecular flexibility index (Phi) is 24.6. The maximum atomic E-state index is 13.1. The largest absolute Gasteiger partial charge is 0.507 e. The van der Waals surface area contributed by atoms with Crippen LogP contribution in [0, 0.1) is 60.2 Å². The van der Waals surface area contributed by atoms with Crippen LogP contribution in [0.15, 0.2) is 79.1 Å². The zero-order valence-corrected chi connectivity index (χ0v) is 40.9. The summed E-state index contributed by atoms with van der Waals surface area (Å²) >= 11 is 5.94. The van der Waals surface area contributed by atoms with Crippen molar-refractivity contribution < 1.29 is 43.5 Å². The molecule has 14 heteroatoms. The number of benzene rings is 3. The molecule has 5 aromatic rings. The van der Waals surface area contributed by atoms with Gasteiger partial charge in [0.25, 0.3) is 0 Å². The molecule has 8 rings (SSSR count). The summed E-state index contributed by atoms with van der Waals surface area (Å²) in [7, 11) is 0. The van der Waals surface area contributed by atoms with Crippen LogP contribution in [0.4, 0.5) is 4.39 Å². The first kappa shape index (κ1) is 54.7.